The Bertz CT molecular complexity index is 1590. The number of aromatic nitrogens is 5. The number of carboxylic acids is 1. The highest BCUT2D eigenvalue weighted by Gasteiger charge is 2.46. The van der Waals surface area contributed by atoms with E-state index >= 15 is 0 Å². The Hall–Kier alpha value is -4.15. The summed E-state index contributed by atoms with van der Waals surface area (Å²) in [5.74, 6) is -1.47. The Labute approximate surface area is 241 Å². The van der Waals surface area contributed by atoms with Gasteiger partial charge in [0.1, 0.15) is 11.3 Å². The molecule has 2 aliphatic rings. The quantitative estimate of drug-likeness (QED) is 0.248. The lowest BCUT2D eigenvalue weighted by atomic mass is 9.79. The zero-order chi connectivity index (χ0) is 29.6. The van der Waals surface area contributed by atoms with Crippen molar-refractivity contribution in [3.8, 4) is 22.6 Å². The van der Waals surface area contributed by atoms with Crippen molar-refractivity contribution >= 4 is 5.97 Å². The van der Waals surface area contributed by atoms with E-state index in [2.05, 4.69) is 15.4 Å². The van der Waals surface area contributed by atoms with Crippen LogP contribution in [0.4, 0.5) is 13.2 Å². The summed E-state index contributed by atoms with van der Waals surface area (Å²) in [6.07, 6.45) is 0.974. The van der Waals surface area contributed by atoms with Crippen LogP contribution in [0.3, 0.4) is 0 Å². The van der Waals surface area contributed by atoms with Crippen molar-refractivity contribution < 1.29 is 27.8 Å². The molecule has 2 heterocycles. The van der Waals surface area contributed by atoms with Crippen molar-refractivity contribution in [3.05, 3.63) is 77.9 Å². The van der Waals surface area contributed by atoms with Gasteiger partial charge in [0, 0.05) is 25.1 Å². The molecule has 2 aliphatic carbocycles. The molecule has 2 saturated carbocycles. The summed E-state index contributed by atoms with van der Waals surface area (Å²) in [4.78, 5) is 12.1. The van der Waals surface area contributed by atoms with E-state index in [0.717, 1.165) is 28.9 Å². The summed E-state index contributed by atoms with van der Waals surface area (Å²) >= 11 is 0. The Morgan fingerprint density at radius 2 is 1.76 bits per heavy atom. The van der Waals surface area contributed by atoms with Gasteiger partial charge in [-0.2, -0.15) is 18.3 Å². The maximum absolute atomic E-state index is 13.1. The standard InChI is InChI=1S/C31H32F3N5O3/c1-18(19-9-11-22(12-10-19)31(32,33)34)42-24-8-4-6-21(14-24)20-5-3-7-23(13-20)39-29(27(16-35-39)30(40)41)26-15-25(26)28-17-38(2)37-36-28/h3-8,13-14,16-19,22,25-26H,9-12,15H2,1-2H3,(H,40,41)/t18?,19-,22-,25-,26-/m0/s1. The van der Waals surface area contributed by atoms with Crippen LogP contribution in [-0.2, 0) is 7.05 Å². The third-order valence-electron chi connectivity index (χ3n) is 8.66. The van der Waals surface area contributed by atoms with Crippen LogP contribution in [0.2, 0.25) is 0 Å². The summed E-state index contributed by atoms with van der Waals surface area (Å²) in [5, 5.41) is 22.6. The molecule has 3 atom stereocenters. The maximum Gasteiger partial charge on any atom is 0.391 e. The second-order valence-corrected chi connectivity index (χ2v) is 11.5. The summed E-state index contributed by atoms with van der Waals surface area (Å²) in [6.45, 7) is 1.93. The van der Waals surface area contributed by atoms with Crippen LogP contribution in [0.15, 0.2) is 60.9 Å². The van der Waals surface area contributed by atoms with Crippen molar-refractivity contribution in [2.45, 2.75) is 63.1 Å². The topological polar surface area (TPSA) is 95.1 Å². The van der Waals surface area contributed by atoms with Crippen LogP contribution in [-0.4, -0.2) is 48.1 Å². The predicted molar refractivity (Wildman–Crippen MR) is 149 cm³/mol. The zero-order valence-corrected chi connectivity index (χ0v) is 23.3. The number of ether oxygens (including phenoxy) is 1. The minimum absolute atomic E-state index is 0.0385. The second-order valence-electron chi connectivity index (χ2n) is 11.5. The molecule has 2 aromatic carbocycles. The second kappa shape index (κ2) is 10.9. The number of aromatic carboxylic acids is 1. The van der Waals surface area contributed by atoms with Crippen LogP contribution >= 0.6 is 0 Å². The number of benzene rings is 2. The molecule has 11 heteroatoms. The summed E-state index contributed by atoms with van der Waals surface area (Å²) in [6, 6.07) is 15.4. The van der Waals surface area contributed by atoms with E-state index in [4.69, 9.17) is 4.74 Å². The van der Waals surface area contributed by atoms with Crippen LogP contribution < -0.4 is 4.74 Å². The van der Waals surface area contributed by atoms with Crippen LogP contribution in [0.5, 0.6) is 5.75 Å². The molecule has 0 aliphatic heterocycles. The lowest BCUT2D eigenvalue weighted by molar-refractivity contribution is -0.185. The number of carbonyl (C=O) groups is 1. The van der Waals surface area contributed by atoms with E-state index in [1.807, 2.05) is 61.7 Å². The molecule has 220 valence electrons. The van der Waals surface area contributed by atoms with Crippen molar-refractivity contribution in [1.82, 2.24) is 24.8 Å². The molecular weight excluding hydrogens is 547 g/mol. The highest BCUT2D eigenvalue weighted by Crippen LogP contribution is 2.55. The number of hydrogen-bond acceptors (Lipinski definition) is 5. The van der Waals surface area contributed by atoms with E-state index in [1.54, 1.807) is 16.4 Å². The third-order valence-corrected chi connectivity index (χ3v) is 8.66. The number of rotatable bonds is 8. The van der Waals surface area contributed by atoms with Crippen LogP contribution in [0.25, 0.3) is 16.8 Å². The van der Waals surface area contributed by atoms with E-state index in [1.165, 1.54) is 6.20 Å². The van der Waals surface area contributed by atoms with E-state index in [-0.39, 0.29) is 42.3 Å². The minimum atomic E-state index is -4.12. The predicted octanol–water partition coefficient (Wildman–Crippen LogP) is 6.77. The Balaban J connectivity index is 1.21. The number of nitrogens with zero attached hydrogens (tertiary/aromatic N) is 5. The van der Waals surface area contributed by atoms with Gasteiger partial charge in [-0.15, -0.1) is 5.10 Å². The largest absolute Gasteiger partial charge is 0.490 e. The first-order chi connectivity index (χ1) is 20.1. The molecule has 8 nitrogen and oxygen atoms in total. The first-order valence-corrected chi connectivity index (χ1v) is 14.2. The van der Waals surface area contributed by atoms with Crippen LogP contribution in [0, 0.1) is 11.8 Å². The van der Waals surface area contributed by atoms with Crippen molar-refractivity contribution in [2.24, 2.45) is 18.9 Å². The van der Waals surface area contributed by atoms with Crippen molar-refractivity contribution in [3.63, 3.8) is 0 Å². The normalized spacial score (nSPS) is 23.0. The first kappa shape index (κ1) is 28.0. The first-order valence-electron chi connectivity index (χ1n) is 14.2. The average Bonchev–Trinajstić information content (AvgIpc) is 3.41. The molecule has 0 radical (unpaired) electrons. The molecule has 2 fully saturated rings. The Morgan fingerprint density at radius 3 is 2.43 bits per heavy atom. The van der Waals surface area contributed by atoms with Gasteiger partial charge in [-0.3, -0.25) is 4.68 Å². The molecule has 0 bridgehead atoms. The summed E-state index contributed by atoms with van der Waals surface area (Å²) in [7, 11) is 1.80. The van der Waals surface area contributed by atoms with Gasteiger partial charge in [0.25, 0.3) is 0 Å². The molecular formula is C31H32F3N5O3. The smallest absolute Gasteiger partial charge is 0.391 e. The number of carboxylic acid groups (broad SMARTS) is 1. The molecule has 0 amide bonds. The molecule has 0 spiro atoms. The van der Waals surface area contributed by atoms with Gasteiger partial charge in [-0.05, 0) is 80.3 Å². The summed E-state index contributed by atoms with van der Waals surface area (Å²) < 4.78 is 48.8. The lowest BCUT2D eigenvalue weighted by Gasteiger charge is -2.33. The van der Waals surface area contributed by atoms with E-state index in [0.29, 0.717) is 24.3 Å². The fraction of sp³-hybridized carbons (Fsp3) is 0.419. The zero-order valence-electron chi connectivity index (χ0n) is 23.3. The molecule has 4 aromatic rings. The summed E-state index contributed by atoms with van der Waals surface area (Å²) in [5.41, 5.74) is 4.18. The highest BCUT2D eigenvalue weighted by atomic mass is 19.4. The van der Waals surface area contributed by atoms with Gasteiger partial charge in [-0.1, -0.05) is 29.5 Å². The van der Waals surface area contributed by atoms with Gasteiger partial charge >= 0.3 is 12.1 Å². The average molecular weight is 580 g/mol. The molecule has 2 aromatic heterocycles. The molecule has 0 saturated heterocycles. The van der Waals surface area contributed by atoms with Gasteiger partial charge in [-0.25, -0.2) is 9.48 Å². The lowest BCUT2D eigenvalue weighted by Crippen LogP contribution is -2.33. The molecule has 1 N–H and O–H groups in total. The fourth-order valence-electron chi connectivity index (χ4n) is 6.24. The van der Waals surface area contributed by atoms with E-state index in [9.17, 15) is 23.1 Å². The minimum Gasteiger partial charge on any atom is -0.490 e. The monoisotopic (exact) mass is 579 g/mol. The molecule has 42 heavy (non-hydrogen) atoms. The van der Waals surface area contributed by atoms with Gasteiger partial charge < -0.3 is 9.84 Å². The number of hydrogen-bond donors (Lipinski definition) is 1. The highest BCUT2D eigenvalue weighted by molar-refractivity contribution is 5.89. The number of alkyl halides is 3. The number of aryl methyl sites for hydroxylation is 1. The Kier molecular flexibility index (Phi) is 7.28. The maximum atomic E-state index is 13.1. The molecule has 1 unspecified atom stereocenters. The third kappa shape index (κ3) is 5.64. The van der Waals surface area contributed by atoms with Crippen LogP contribution in [0.1, 0.15) is 72.6 Å². The fourth-order valence-corrected chi connectivity index (χ4v) is 6.24. The van der Waals surface area contributed by atoms with Crippen molar-refractivity contribution in [2.75, 3.05) is 0 Å². The van der Waals surface area contributed by atoms with Gasteiger partial charge in [0.15, 0.2) is 0 Å². The van der Waals surface area contributed by atoms with E-state index < -0.39 is 18.1 Å². The van der Waals surface area contributed by atoms with Gasteiger partial charge in [0.2, 0.25) is 0 Å². The van der Waals surface area contributed by atoms with Crippen molar-refractivity contribution in [1.29, 1.82) is 0 Å². The Morgan fingerprint density at radius 1 is 1.05 bits per heavy atom. The SMILES string of the molecule is CC(Oc1cccc(-c2cccc(-n3ncc(C(=O)O)c3[C@H]3C[C@@H]3c3cn(C)nn3)c2)c1)[C@H]1CC[C@H](C(F)(F)F)CC1. The van der Waals surface area contributed by atoms with Gasteiger partial charge in [0.05, 0.1) is 35.3 Å². The molecule has 6 rings (SSSR count). The number of halogens is 3.